The Morgan fingerprint density at radius 2 is 1.68 bits per heavy atom. The molecule has 0 aromatic heterocycles. The maximum Gasteiger partial charge on any atom is 0.323 e. The summed E-state index contributed by atoms with van der Waals surface area (Å²) in [5.74, 6) is -3.28. The number of primary amides is 1. The van der Waals surface area contributed by atoms with Gasteiger partial charge in [-0.05, 0) is 18.2 Å². The lowest BCUT2D eigenvalue weighted by Crippen LogP contribution is -2.36. The molecule has 0 fully saturated rings. The molecular formula is C11H11ClN2O5. The quantitative estimate of drug-likeness (QED) is 0.696. The number of amides is 1. The van der Waals surface area contributed by atoms with Crippen LogP contribution < -0.4 is 10.6 Å². The first kappa shape index (κ1) is 14.8. The van der Waals surface area contributed by atoms with Crippen LogP contribution in [0.3, 0.4) is 0 Å². The highest BCUT2D eigenvalue weighted by atomic mass is 35.5. The average Bonchev–Trinajstić information content (AvgIpc) is 2.26. The number of nitrogens with zero attached hydrogens (tertiary/aromatic N) is 1. The fraction of sp³-hybridized carbons (Fsp3) is 0.182. The molecule has 8 heteroatoms. The molecule has 1 aromatic rings. The van der Waals surface area contributed by atoms with Gasteiger partial charge in [-0.2, -0.15) is 0 Å². The number of aliphatic carboxylic acids is 2. The molecular weight excluding hydrogens is 276 g/mol. The molecule has 0 bridgehead atoms. The van der Waals surface area contributed by atoms with Gasteiger partial charge in [-0.15, -0.1) is 0 Å². The molecule has 0 aliphatic heterocycles. The zero-order chi connectivity index (χ0) is 14.6. The molecule has 0 heterocycles. The highest BCUT2D eigenvalue weighted by molar-refractivity contribution is 6.31. The summed E-state index contributed by atoms with van der Waals surface area (Å²) in [6.45, 7) is -1.18. The van der Waals surface area contributed by atoms with Crippen LogP contribution in [-0.4, -0.2) is 41.1 Å². The van der Waals surface area contributed by atoms with Gasteiger partial charge in [-0.1, -0.05) is 11.6 Å². The van der Waals surface area contributed by atoms with Crippen LogP contribution in [0.15, 0.2) is 18.2 Å². The lowest BCUT2D eigenvalue weighted by Gasteiger charge is -2.22. The summed E-state index contributed by atoms with van der Waals surface area (Å²) < 4.78 is 0. The van der Waals surface area contributed by atoms with Crippen molar-refractivity contribution >= 4 is 35.1 Å². The lowest BCUT2D eigenvalue weighted by molar-refractivity contribution is -0.136. The van der Waals surface area contributed by atoms with Crippen LogP contribution in [0.2, 0.25) is 5.02 Å². The van der Waals surface area contributed by atoms with Crippen LogP contribution >= 0.6 is 11.6 Å². The molecule has 0 radical (unpaired) electrons. The SMILES string of the molecule is NC(=O)c1ccc(Cl)cc1N(CC(=O)O)CC(=O)O. The molecule has 0 spiro atoms. The molecule has 0 atom stereocenters. The summed E-state index contributed by atoms with van der Waals surface area (Å²) in [5, 5.41) is 17.8. The first-order valence-electron chi connectivity index (χ1n) is 5.09. The topological polar surface area (TPSA) is 121 Å². The smallest absolute Gasteiger partial charge is 0.323 e. The number of benzene rings is 1. The highest BCUT2D eigenvalue weighted by Crippen LogP contribution is 2.24. The standard InChI is InChI=1S/C11H11ClN2O5/c12-6-1-2-7(11(13)19)8(3-6)14(4-9(15)16)5-10(17)18/h1-3H,4-5H2,(H2,13,19)(H,15,16)(H,17,18). The Morgan fingerprint density at radius 3 is 2.11 bits per heavy atom. The third kappa shape index (κ3) is 4.14. The van der Waals surface area contributed by atoms with Gasteiger partial charge in [0.15, 0.2) is 0 Å². The number of carbonyl (C=O) groups is 3. The van der Waals surface area contributed by atoms with Crippen LogP contribution in [0.1, 0.15) is 10.4 Å². The molecule has 0 aliphatic rings. The van der Waals surface area contributed by atoms with Gasteiger partial charge in [0.25, 0.3) is 5.91 Å². The number of carboxylic acids is 2. The van der Waals surface area contributed by atoms with Gasteiger partial charge < -0.3 is 20.8 Å². The van der Waals surface area contributed by atoms with E-state index in [4.69, 9.17) is 27.5 Å². The minimum Gasteiger partial charge on any atom is -0.480 e. The Hall–Kier alpha value is -2.28. The van der Waals surface area contributed by atoms with Crippen molar-refractivity contribution in [2.24, 2.45) is 5.73 Å². The number of hydrogen-bond donors (Lipinski definition) is 3. The van der Waals surface area contributed by atoms with E-state index in [-0.39, 0.29) is 16.3 Å². The second kappa shape index (κ2) is 6.05. The Morgan fingerprint density at radius 1 is 1.16 bits per heavy atom. The van der Waals surface area contributed by atoms with Crippen LogP contribution in [0.4, 0.5) is 5.69 Å². The molecule has 0 saturated heterocycles. The highest BCUT2D eigenvalue weighted by Gasteiger charge is 2.19. The number of halogens is 1. The molecule has 0 aliphatic carbocycles. The van der Waals surface area contributed by atoms with E-state index >= 15 is 0 Å². The van der Waals surface area contributed by atoms with Gasteiger partial charge in [0.1, 0.15) is 13.1 Å². The van der Waals surface area contributed by atoms with Gasteiger partial charge >= 0.3 is 11.9 Å². The van der Waals surface area contributed by atoms with Crippen molar-refractivity contribution in [3.05, 3.63) is 28.8 Å². The summed E-state index contributed by atoms with van der Waals surface area (Å²) in [4.78, 5) is 33.8. The molecule has 19 heavy (non-hydrogen) atoms. The normalized spacial score (nSPS) is 9.95. The molecule has 1 aromatic carbocycles. The Labute approximate surface area is 113 Å². The second-order valence-electron chi connectivity index (χ2n) is 3.67. The van der Waals surface area contributed by atoms with Crippen molar-refractivity contribution in [1.82, 2.24) is 0 Å². The van der Waals surface area contributed by atoms with Crippen molar-refractivity contribution in [2.75, 3.05) is 18.0 Å². The van der Waals surface area contributed by atoms with E-state index in [0.29, 0.717) is 0 Å². The van der Waals surface area contributed by atoms with E-state index in [1.807, 2.05) is 0 Å². The van der Waals surface area contributed by atoms with Gasteiger partial charge in [0.2, 0.25) is 0 Å². The second-order valence-corrected chi connectivity index (χ2v) is 4.11. The molecule has 1 amide bonds. The van der Waals surface area contributed by atoms with Crippen molar-refractivity contribution in [1.29, 1.82) is 0 Å². The number of carboxylic acid groups (broad SMARTS) is 2. The lowest BCUT2D eigenvalue weighted by atomic mass is 10.1. The predicted molar refractivity (Wildman–Crippen MR) is 67.5 cm³/mol. The number of anilines is 1. The van der Waals surface area contributed by atoms with Crippen LogP contribution in [0.25, 0.3) is 0 Å². The van der Waals surface area contributed by atoms with Crippen LogP contribution in [-0.2, 0) is 9.59 Å². The number of hydrogen-bond acceptors (Lipinski definition) is 4. The largest absolute Gasteiger partial charge is 0.480 e. The maximum atomic E-state index is 11.3. The monoisotopic (exact) mass is 286 g/mol. The van der Waals surface area contributed by atoms with E-state index in [1.54, 1.807) is 0 Å². The summed E-state index contributed by atoms with van der Waals surface area (Å²) >= 11 is 5.77. The zero-order valence-electron chi connectivity index (χ0n) is 9.67. The van der Waals surface area contributed by atoms with E-state index in [9.17, 15) is 14.4 Å². The fourth-order valence-electron chi connectivity index (χ4n) is 1.53. The zero-order valence-corrected chi connectivity index (χ0v) is 10.4. The first-order chi connectivity index (χ1) is 8.81. The van der Waals surface area contributed by atoms with Gasteiger partial charge in [-0.25, -0.2) is 0 Å². The average molecular weight is 287 g/mol. The summed E-state index contributed by atoms with van der Waals surface area (Å²) in [7, 11) is 0. The van der Waals surface area contributed by atoms with E-state index in [2.05, 4.69) is 0 Å². The fourth-order valence-corrected chi connectivity index (χ4v) is 1.69. The third-order valence-corrected chi connectivity index (χ3v) is 2.45. The van der Waals surface area contributed by atoms with E-state index in [1.165, 1.54) is 18.2 Å². The molecule has 7 nitrogen and oxygen atoms in total. The van der Waals surface area contributed by atoms with E-state index < -0.39 is 30.9 Å². The van der Waals surface area contributed by atoms with Crippen molar-refractivity contribution in [3.8, 4) is 0 Å². The van der Waals surface area contributed by atoms with Crippen molar-refractivity contribution in [2.45, 2.75) is 0 Å². The molecule has 102 valence electrons. The molecule has 1 rings (SSSR count). The minimum atomic E-state index is -1.24. The summed E-state index contributed by atoms with van der Waals surface area (Å²) in [6.07, 6.45) is 0. The summed E-state index contributed by atoms with van der Waals surface area (Å²) in [6, 6.07) is 4.02. The van der Waals surface area contributed by atoms with Gasteiger partial charge in [-0.3, -0.25) is 14.4 Å². The first-order valence-corrected chi connectivity index (χ1v) is 5.47. The Kier molecular flexibility index (Phi) is 4.71. The van der Waals surface area contributed by atoms with E-state index in [0.717, 1.165) is 4.90 Å². The van der Waals surface area contributed by atoms with Crippen molar-refractivity contribution in [3.63, 3.8) is 0 Å². The predicted octanol–water partition coefficient (Wildman–Crippen LogP) is 0.414. The van der Waals surface area contributed by atoms with Crippen LogP contribution in [0.5, 0.6) is 0 Å². The summed E-state index contributed by atoms with van der Waals surface area (Å²) in [5.41, 5.74) is 5.24. The van der Waals surface area contributed by atoms with Gasteiger partial charge in [0.05, 0.1) is 11.3 Å². The third-order valence-electron chi connectivity index (χ3n) is 2.22. The molecule has 0 unspecified atom stereocenters. The minimum absolute atomic E-state index is 0.00639. The molecule has 0 saturated carbocycles. The maximum absolute atomic E-state index is 11.3. The molecule has 4 N–H and O–H groups in total. The van der Waals surface area contributed by atoms with Crippen LogP contribution in [0, 0.1) is 0 Å². The van der Waals surface area contributed by atoms with Gasteiger partial charge in [0, 0.05) is 5.02 Å². The number of rotatable bonds is 6. The Balaban J connectivity index is 3.26. The van der Waals surface area contributed by atoms with Crippen molar-refractivity contribution < 1.29 is 24.6 Å². The number of carbonyl (C=O) groups excluding carboxylic acids is 1. The number of nitrogens with two attached hydrogens (primary N) is 1. The Bertz CT molecular complexity index is 516.